The largest absolute Gasteiger partial charge is 0.428 e. The molecule has 1 aromatic heterocycles. The maximum Gasteiger partial charge on any atom is 0.292 e. The number of nitrogens with zero attached hydrogens (tertiary/aromatic N) is 1. The van der Waals surface area contributed by atoms with Crippen molar-refractivity contribution in [3.8, 4) is 0 Å². The molecule has 1 aliphatic heterocycles. The molecule has 2 heterocycles. The molecule has 2 rings (SSSR count). The molecule has 1 aliphatic rings. The summed E-state index contributed by atoms with van der Waals surface area (Å²) in [7, 11) is 0. The number of aromatic nitrogens is 1. The van der Waals surface area contributed by atoms with Crippen molar-refractivity contribution in [2.24, 2.45) is 0 Å². The van der Waals surface area contributed by atoms with Gasteiger partial charge in [0.05, 0.1) is 5.69 Å². The van der Waals surface area contributed by atoms with E-state index in [9.17, 15) is 0 Å². The molecule has 0 radical (unpaired) electrons. The Bertz CT molecular complexity index is 327. The fraction of sp³-hybridized carbons (Fsp3) is 0.727. The summed E-state index contributed by atoms with van der Waals surface area (Å²) in [6, 6.07) is 0.292. The van der Waals surface area contributed by atoms with E-state index in [2.05, 4.69) is 18.8 Å². The van der Waals surface area contributed by atoms with E-state index in [1.807, 2.05) is 0 Å². The van der Waals surface area contributed by atoms with Gasteiger partial charge in [-0.25, -0.2) is 0 Å². The molecule has 0 spiro atoms. The first-order valence-electron chi connectivity index (χ1n) is 5.52. The highest BCUT2D eigenvalue weighted by molar-refractivity contribution is 5.25. The third-order valence-electron chi connectivity index (χ3n) is 2.84. The second-order valence-corrected chi connectivity index (χ2v) is 4.34. The molecule has 15 heavy (non-hydrogen) atoms. The Hall–Kier alpha value is -1.03. The minimum absolute atomic E-state index is 0.292. The van der Waals surface area contributed by atoms with Crippen molar-refractivity contribution in [3.63, 3.8) is 0 Å². The lowest BCUT2D eigenvalue weighted by Gasteiger charge is -2.21. The molecule has 4 nitrogen and oxygen atoms in total. The van der Waals surface area contributed by atoms with Gasteiger partial charge in [-0.2, -0.15) is 4.98 Å². The van der Waals surface area contributed by atoms with Crippen molar-refractivity contribution in [2.45, 2.75) is 38.5 Å². The first-order valence-corrected chi connectivity index (χ1v) is 5.52. The van der Waals surface area contributed by atoms with Crippen LogP contribution in [0.25, 0.3) is 0 Å². The average molecular weight is 210 g/mol. The van der Waals surface area contributed by atoms with E-state index in [4.69, 9.17) is 14.9 Å². The third-order valence-corrected chi connectivity index (χ3v) is 2.84. The highest BCUT2D eigenvalue weighted by atomic mass is 16.5. The Labute approximate surface area is 89.8 Å². The van der Waals surface area contributed by atoms with Crippen LogP contribution in [0.3, 0.4) is 0 Å². The zero-order valence-corrected chi connectivity index (χ0v) is 9.32. The number of hydrogen-bond acceptors (Lipinski definition) is 4. The number of nitrogens with two attached hydrogens (primary N) is 1. The Morgan fingerprint density at radius 3 is 2.60 bits per heavy atom. The lowest BCUT2D eigenvalue weighted by atomic mass is 9.93. The number of oxazole rings is 1. The van der Waals surface area contributed by atoms with E-state index in [0.717, 1.165) is 37.5 Å². The summed E-state index contributed by atoms with van der Waals surface area (Å²) in [4.78, 5) is 4.26. The second-order valence-electron chi connectivity index (χ2n) is 4.34. The van der Waals surface area contributed by atoms with Crippen LogP contribution < -0.4 is 5.73 Å². The highest BCUT2D eigenvalue weighted by Gasteiger charge is 2.25. The topological polar surface area (TPSA) is 61.3 Å². The van der Waals surface area contributed by atoms with Crippen LogP contribution in [0.4, 0.5) is 6.01 Å². The van der Waals surface area contributed by atoms with Crippen molar-refractivity contribution in [3.05, 3.63) is 11.5 Å². The van der Waals surface area contributed by atoms with E-state index >= 15 is 0 Å². The second kappa shape index (κ2) is 4.23. The van der Waals surface area contributed by atoms with Gasteiger partial charge >= 0.3 is 0 Å². The molecule has 2 N–H and O–H groups in total. The lowest BCUT2D eigenvalue weighted by molar-refractivity contribution is 0.0805. The van der Waals surface area contributed by atoms with E-state index in [1.54, 1.807) is 0 Å². The van der Waals surface area contributed by atoms with Gasteiger partial charge in [-0.15, -0.1) is 0 Å². The molecule has 1 saturated heterocycles. The number of anilines is 1. The van der Waals surface area contributed by atoms with Crippen LogP contribution in [0.5, 0.6) is 0 Å². The summed E-state index contributed by atoms with van der Waals surface area (Å²) in [5.41, 5.74) is 6.63. The summed E-state index contributed by atoms with van der Waals surface area (Å²) in [5.74, 6) is 1.77. The molecule has 0 aromatic carbocycles. The van der Waals surface area contributed by atoms with Gasteiger partial charge in [0, 0.05) is 19.1 Å². The molecule has 0 saturated carbocycles. The molecule has 0 atom stereocenters. The number of rotatable bonds is 2. The number of nitrogen functional groups attached to an aromatic ring is 1. The fourth-order valence-corrected chi connectivity index (χ4v) is 2.03. The molecular formula is C11H18N2O2. The number of ether oxygens (including phenoxy) is 1. The quantitative estimate of drug-likeness (QED) is 0.813. The standard InChI is InChI=1S/C11H18N2O2/c1-7(2)9-10(15-11(12)13-9)8-3-5-14-6-4-8/h7-8H,3-6H2,1-2H3,(H2,12,13). The molecule has 84 valence electrons. The van der Waals surface area contributed by atoms with Crippen LogP contribution in [0.1, 0.15) is 50.0 Å². The zero-order valence-electron chi connectivity index (χ0n) is 9.32. The average Bonchev–Trinajstić information content (AvgIpc) is 2.62. The summed E-state index contributed by atoms with van der Waals surface area (Å²) in [6.45, 7) is 5.84. The first kappa shape index (κ1) is 10.5. The highest BCUT2D eigenvalue weighted by Crippen LogP contribution is 2.33. The van der Waals surface area contributed by atoms with Gasteiger partial charge < -0.3 is 14.9 Å². The predicted molar refractivity (Wildman–Crippen MR) is 57.8 cm³/mol. The van der Waals surface area contributed by atoms with Gasteiger partial charge in [-0.3, -0.25) is 0 Å². The van der Waals surface area contributed by atoms with Gasteiger partial charge in [0.1, 0.15) is 5.76 Å². The summed E-state index contributed by atoms with van der Waals surface area (Å²) < 4.78 is 10.9. The van der Waals surface area contributed by atoms with Gasteiger partial charge in [-0.05, 0) is 18.8 Å². The summed E-state index contributed by atoms with van der Waals surface area (Å²) in [6.07, 6.45) is 2.02. The molecule has 0 bridgehead atoms. The third kappa shape index (κ3) is 2.15. The molecule has 1 fully saturated rings. The molecule has 4 heteroatoms. The lowest BCUT2D eigenvalue weighted by Crippen LogP contribution is -2.15. The van der Waals surface area contributed by atoms with Crippen molar-refractivity contribution < 1.29 is 9.15 Å². The summed E-state index contributed by atoms with van der Waals surface area (Å²) >= 11 is 0. The first-order chi connectivity index (χ1) is 7.18. The Kier molecular flexibility index (Phi) is 2.95. The Balaban J connectivity index is 2.25. The van der Waals surface area contributed by atoms with E-state index < -0.39 is 0 Å². The maximum atomic E-state index is 5.61. The minimum atomic E-state index is 0.292. The van der Waals surface area contributed by atoms with Crippen molar-refractivity contribution >= 4 is 6.01 Å². The molecule has 0 unspecified atom stereocenters. The number of hydrogen-bond donors (Lipinski definition) is 1. The van der Waals surface area contributed by atoms with Crippen molar-refractivity contribution in [2.75, 3.05) is 18.9 Å². The van der Waals surface area contributed by atoms with Crippen LogP contribution in [-0.2, 0) is 4.74 Å². The minimum Gasteiger partial charge on any atom is -0.428 e. The Morgan fingerprint density at radius 2 is 2.00 bits per heavy atom. The molecule has 1 aromatic rings. The predicted octanol–water partition coefficient (Wildman–Crippen LogP) is 2.27. The fourth-order valence-electron chi connectivity index (χ4n) is 2.03. The van der Waals surface area contributed by atoms with E-state index in [1.165, 1.54) is 0 Å². The van der Waals surface area contributed by atoms with Gasteiger partial charge in [0.2, 0.25) is 0 Å². The van der Waals surface area contributed by atoms with Gasteiger partial charge in [-0.1, -0.05) is 13.8 Å². The molecule has 0 amide bonds. The van der Waals surface area contributed by atoms with E-state index in [0.29, 0.717) is 17.9 Å². The normalized spacial score (nSPS) is 18.6. The van der Waals surface area contributed by atoms with Crippen LogP contribution in [0.2, 0.25) is 0 Å². The zero-order chi connectivity index (χ0) is 10.8. The SMILES string of the molecule is CC(C)c1nc(N)oc1C1CCOCC1. The Morgan fingerprint density at radius 1 is 1.33 bits per heavy atom. The van der Waals surface area contributed by atoms with Crippen molar-refractivity contribution in [1.29, 1.82) is 0 Å². The van der Waals surface area contributed by atoms with Crippen LogP contribution in [0.15, 0.2) is 4.42 Å². The smallest absolute Gasteiger partial charge is 0.292 e. The van der Waals surface area contributed by atoms with Crippen LogP contribution in [-0.4, -0.2) is 18.2 Å². The molecule has 0 aliphatic carbocycles. The van der Waals surface area contributed by atoms with Crippen LogP contribution in [0, 0.1) is 0 Å². The van der Waals surface area contributed by atoms with Gasteiger partial charge in [0.15, 0.2) is 0 Å². The van der Waals surface area contributed by atoms with Gasteiger partial charge in [0.25, 0.3) is 6.01 Å². The van der Waals surface area contributed by atoms with Crippen LogP contribution >= 0.6 is 0 Å². The maximum absolute atomic E-state index is 5.61. The van der Waals surface area contributed by atoms with Crippen molar-refractivity contribution in [1.82, 2.24) is 4.98 Å². The summed E-state index contributed by atoms with van der Waals surface area (Å²) in [5, 5.41) is 0. The van der Waals surface area contributed by atoms with E-state index in [-0.39, 0.29) is 0 Å². The molecular weight excluding hydrogens is 192 g/mol. The monoisotopic (exact) mass is 210 g/mol.